The molecule has 2 N–H and O–H groups in total. The third kappa shape index (κ3) is 6.34. The van der Waals surface area contributed by atoms with Gasteiger partial charge in [-0.2, -0.15) is 13.2 Å². The molecule has 7 heteroatoms. The Morgan fingerprint density at radius 1 is 1.00 bits per heavy atom. The van der Waals surface area contributed by atoms with Crippen LogP contribution in [0.5, 0.6) is 5.75 Å². The van der Waals surface area contributed by atoms with Gasteiger partial charge in [0.2, 0.25) is 0 Å². The maximum Gasteiger partial charge on any atom is 0.433 e. The van der Waals surface area contributed by atoms with Crippen molar-refractivity contribution in [1.29, 1.82) is 0 Å². The highest BCUT2D eigenvalue weighted by Gasteiger charge is 2.32. The summed E-state index contributed by atoms with van der Waals surface area (Å²) in [5, 5.41) is 14.4. The zero-order chi connectivity index (χ0) is 21.5. The van der Waals surface area contributed by atoms with Crippen LogP contribution in [0.4, 0.5) is 13.2 Å². The number of hydrogen-bond donors (Lipinski definition) is 2. The molecule has 0 aliphatic heterocycles. The number of phenols is 1. The Balaban J connectivity index is 0.00000420. The minimum atomic E-state index is -4.50. The van der Waals surface area contributed by atoms with Crippen LogP contribution >= 0.6 is 12.4 Å². The molecule has 0 spiro atoms. The van der Waals surface area contributed by atoms with Gasteiger partial charge < -0.3 is 10.4 Å². The molecule has 0 radical (unpaired) electrons. The van der Waals surface area contributed by atoms with Crippen molar-refractivity contribution in [3.05, 3.63) is 47.3 Å². The lowest BCUT2D eigenvalue weighted by Crippen LogP contribution is -2.37. The van der Waals surface area contributed by atoms with Gasteiger partial charge in [0.1, 0.15) is 11.4 Å². The Morgan fingerprint density at radius 2 is 1.59 bits per heavy atom. The van der Waals surface area contributed by atoms with E-state index >= 15 is 0 Å². The molecule has 2 rings (SSSR count). The zero-order valence-corrected chi connectivity index (χ0v) is 18.7. The number of hydrogen-bond acceptors (Lipinski definition) is 3. The smallest absolute Gasteiger partial charge is 0.433 e. The van der Waals surface area contributed by atoms with Crippen LogP contribution in [0.2, 0.25) is 0 Å². The summed E-state index contributed by atoms with van der Waals surface area (Å²) >= 11 is 0. The number of nitrogens with zero attached hydrogens (tertiary/aromatic N) is 1. The first kappa shape index (κ1) is 25.2. The standard InChI is InChI=1S/C22H29F3N2O.ClH/c1-13(27-21(5,6)7)16-10-15(20(2,3)4)11-17(19(16)28)14-8-9-18(26-12-14)22(23,24)25;/h8-13,27-28H,1-7H3;1H. The average Bonchev–Trinajstić information content (AvgIpc) is 2.51. The summed E-state index contributed by atoms with van der Waals surface area (Å²) in [5.74, 6) is 0.0545. The monoisotopic (exact) mass is 430 g/mol. The van der Waals surface area contributed by atoms with Gasteiger partial charge in [-0.15, -0.1) is 12.4 Å². The lowest BCUT2D eigenvalue weighted by atomic mass is 9.82. The van der Waals surface area contributed by atoms with E-state index < -0.39 is 11.9 Å². The van der Waals surface area contributed by atoms with Gasteiger partial charge in [0.05, 0.1) is 0 Å². The van der Waals surface area contributed by atoms with Crippen LogP contribution in [-0.4, -0.2) is 15.6 Å². The van der Waals surface area contributed by atoms with Gasteiger partial charge >= 0.3 is 6.18 Å². The fourth-order valence-corrected chi connectivity index (χ4v) is 3.09. The molecule has 0 amide bonds. The van der Waals surface area contributed by atoms with E-state index in [0.29, 0.717) is 16.7 Å². The molecule has 0 aliphatic carbocycles. The largest absolute Gasteiger partial charge is 0.507 e. The predicted molar refractivity (Wildman–Crippen MR) is 114 cm³/mol. The number of nitrogens with one attached hydrogen (secondary N) is 1. The summed E-state index contributed by atoms with van der Waals surface area (Å²) in [5.41, 5.74) is 1.30. The Bertz CT molecular complexity index is 835. The first-order valence-corrected chi connectivity index (χ1v) is 9.28. The number of phenolic OH excluding ortho intramolecular Hbond substituents is 1. The van der Waals surface area contributed by atoms with E-state index in [1.807, 2.05) is 39.8 Å². The van der Waals surface area contributed by atoms with Gasteiger partial charge in [-0.05, 0) is 56.9 Å². The molecule has 1 aromatic carbocycles. The first-order chi connectivity index (χ1) is 12.6. The fraction of sp³-hybridized carbons (Fsp3) is 0.500. The Hall–Kier alpha value is -1.79. The van der Waals surface area contributed by atoms with Crippen molar-refractivity contribution in [3.8, 4) is 16.9 Å². The molecule has 0 saturated heterocycles. The molecule has 0 aliphatic rings. The molecule has 1 heterocycles. The quantitative estimate of drug-likeness (QED) is 0.573. The van der Waals surface area contributed by atoms with E-state index in [0.717, 1.165) is 17.8 Å². The Labute approximate surface area is 177 Å². The number of alkyl halides is 3. The van der Waals surface area contributed by atoms with Gasteiger partial charge in [-0.3, -0.25) is 4.98 Å². The van der Waals surface area contributed by atoms with E-state index in [9.17, 15) is 18.3 Å². The van der Waals surface area contributed by atoms with Crippen molar-refractivity contribution < 1.29 is 18.3 Å². The van der Waals surface area contributed by atoms with Crippen LogP contribution < -0.4 is 5.32 Å². The highest BCUT2D eigenvalue weighted by Crippen LogP contribution is 2.40. The second kappa shape index (κ2) is 8.52. The highest BCUT2D eigenvalue weighted by molar-refractivity contribution is 5.85. The summed E-state index contributed by atoms with van der Waals surface area (Å²) in [6.45, 7) is 14.2. The van der Waals surface area contributed by atoms with Crippen LogP contribution in [0.3, 0.4) is 0 Å². The predicted octanol–water partition coefficient (Wildman–Crippen LogP) is 6.64. The highest BCUT2D eigenvalue weighted by atomic mass is 35.5. The lowest BCUT2D eigenvalue weighted by molar-refractivity contribution is -0.141. The number of aromatic hydroxyl groups is 1. The second-order valence-electron chi connectivity index (χ2n) is 9.26. The van der Waals surface area contributed by atoms with Crippen LogP contribution in [0.15, 0.2) is 30.5 Å². The number of benzene rings is 1. The van der Waals surface area contributed by atoms with Gasteiger partial charge in [-0.1, -0.05) is 26.8 Å². The van der Waals surface area contributed by atoms with Gasteiger partial charge in [0, 0.05) is 34.5 Å². The maximum atomic E-state index is 12.8. The summed E-state index contributed by atoms with van der Waals surface area (Å²) in [4.78, 5) is 3.54. The minimum absolute atomic E-state index is 0. The van der Waals surface area contributed by atoms with Crippen LogP contribution in [0, 0.1) is 0 Å². The molecule has 2 aromatic rings. The van der Waals surface area contributed by atoms with Crippen LogP contribution in [0.1, 0.15) is 71.3 Å². The van der Waals surface area contributed by atoms with Gasteiger partial charge in [-0.25, -0.2) is 0 Å². The summed E-state index contributed by atoms with van der Waals surface area (Å²) in [6.07, 6.45) is -3.33. The average molecular weight is 431 g/mol. The van der Waals surface area contributed by atoms with Crippen molar-refractivity contribution in [2.45, 2.75) is 71.6 Å². The maximum absolute atomic E-state index is 12.8. The molecule has 0 fully saturated rings. The number of halogens is 4. The van der Waals surface area contributed by atoms with E-state index in [1.165, 1.54) is 6.07 Å². The van der Waals surface area contributed by atoms with Gasteiger partial charge in [0.25, 0.3) is 0 Å². The molecule has 162 valence electrons. The molecule has 1 aromatic heterocycles. The molecule has 1 atom stereocenters. The SMILES string of the molecule is CC(NC(C)(C)C)c1cc(C(C)(C)C)cc(-c2ccc(C(F)(F)F)nc2)c1O.Cl. The zero-order valence-electron chi connectivity index (χ0n) is 17.9. The molecule has 0 saturated carbocycles. The number of aromatic nitrogens is 1. The molecule has 29 heavy (non-hydrogen) atoms. The summed E-state index contributed by atoms with van der Waals surface area (Å²) < 4.78 is 38.5. The topological polar surface area (TPSA) is 45.2 Å². The third-order valence-electron chi connectivity index (χ3n) is 4.49. The van der Waals surface area contributed by atoms with Crippen molar-refractivity contribution in [2.75, 3.05) is 0 Å². The van der Waals surface area contributed by atoms with Gasteiger partial charge in [0.15, 0.2) is 0 Å². The van der Waals surface area contributed by atoms with Crippen molar-refractivity contribution >= 4 is 12.4 Å². The number of rotatable bonds is 3. The molecule has 1 unspecified atom stereocenters. The van der Waals surface area contributed by atoms with Crippen molar-refractivity contribution in [2.24, 2.45) is 0 Å². The lowest BCUT2D eigenvalue weighted by Gasteiger charge is -2.29. The molecule has 0 bridgehead atoms. The van der Waals surface area contributed by atoms with E-state index in [2.05, 4.69) is 31.1 Å². The first-order valence-electron chi connectivity index (χ1n) is 9.28. The minimum Gasteiger partial charge on any atom is -0.507 e. The van der Waals surface area contributed by atoms with Crippen LogP contribution in [-0.2, 0) is 11.6 Å². The second-order valence-corrected chi connectivity index (χ2v) is 9.26. The number of pyridine rings is 1. The van der Waals surface area contributed by atoms with Crippen molar-refractivity contribution in [3.63, 3.8) is 0 Å². The fourth-order valence-electron chi connectivity index (χ4n) is 3.09. The molecule has 3 nitrogen and oxygen atoms in total. The Morgan fingerprint density at radius 3 is 2.00 bits per heavy atom. The van der Waals surface area contributed by atoms with E-state index in [-0.39, 0.29) is 35.2 Å². The summed E-state index contributed by atoms with van der Waals surface area (Å²) in [7, 11) is 0. The molecular weight excluding hydrogens is 401 g/mol. The Kier molecular flexibility index (Phi) is 7.42. The van der Waals surface area contributed by atoms with Crippen molar-refractivity contribution in [1.82, 2.24) is 10.3 Å². The van der Waals surface area contributed by atoms with Crippen LogP contribution in [0.25, 0.3) is 11.1 Å². The third-order valence-corrected chi connectivity index (χ3v) is 4.49. The summed E-state index contributed by atoms with van der Waals surface area (Å²) in [6, 6.07) is 5.92. The van der Waals surface area contributed by atoms with E-state index in [4.69, 9.17) is 0 Å². The normalized spacial score (nSPS) is 13.7. The van der Waals surface area contributed by atoms with E-state index in [1.54, 1.807) is 0 Å². The molecular formula is C22H30ClF3N2O.